The highest BCUT2D eigenvalue weighted by Crippen LogP contribution is 2.44. The lowest BCUT2D eigenvalue weighted by atomic mass is 10.2. The molecular formula is C17H26F8N2O6. The van der Waals surface area contributed by atoms with Gasteiger partial charge in [-0.2, -0.15) is 35.1 Å². The molecule has 0 saturated heterocycles. The molecule has 0 unspecified atom stereocenters. The van der Waals surface area contributed by atoms with Gasteiger partial charge in [-0.25, -0.2) is 9.47 Å². The number of rotatable bonds is 18. The molecule has 1 amide bonds. The van der Waals surface area contributed by atoms with Crippen LogP contribution in [-0.4, -0.2) is 87.1 Å². The van der Waals surface area contributed by atoms with E-state index in [4.69, 9.17) is 15.2 Å². The minimum absolute atomic E-state index is 0.00311. The molecule has 0 heterocycles. The number of likely N-dealkylation sites (N-methyl/N-ethyl adjacent to an activating group) is 1. The van der Waals surface area contributed by atoms with Crippen LogP contribution in [0.5, 0.6) is 0 Å². The van der Waals surface area contributed by atoms with E-state index in [1.807, 2.05) is 0 Å². The molecule has 0 spiro atoms. The van der Waals surface area contributed by atoms with Crippen LogP contribution < -0.4 is 5.73 Å². The van der Waals surface area contributed by atoms with Crippen LogP contribution in [0.3, 0.4) is 0 Å². The minimum atomic E-state index is -6.41. The van der Waals surface area contributed by atoms with Crippen LogP contribution in [0.15, 0.2) is 0 Å². The summed E-state index contributed by atoms with van der Waals surface area (Å²) in [6, 6.07) is 0. The second-order valence-electron chi connectivity index (χ2n) is 6.29. The summed E-state index contributed by atoms with van der Waals surface area (Å²) in [4.78, 5) is 23.2. The molecule has 0 atom stereocenters. The molecule has 0 rings (SSSR count). The molecule has 0 fully saturated rings. The first-order chi connectivity index (χ1) is 15.1. The number of carbonyl (C=O) groups is 2. The molecule has 2 N–H and O–H groups in total. The molecule has 0 aromatic heterocycles. The summed E-state index contributed by atoms with van der Waals surface area (Å²) in [5.41, 5.74) is 5.15. The number of amides is 1. The molecule has 0 radical (unpaired) electrons. The van der Waals surface area contributed by atoms with Crippen molar-refractivity contribution in [2.24, 2.45) is 5.73 Å². The van der Waals surface area contributed by atoms with Crippen molar-refractivity contribution < 1.29 is 63.7 Å². The van der Waals surface area contributed by atoms with Crippen molar-refractivity contribution in [1.82, 2.24) is 4.90 Å². The van der Waals surface area contributed by atoms with Gasteiger partial charge in [-0.05, 0) is 20.3 Å². The predicted octanol–water partition coefficient (Wildman–Crippen LogP) is 2.60. The molecule has 16 heteroatoms. The number of hydrogen-bond acceptors (Lipinski definition) is 7. The van der Waals surface area contributed by atoms with Gasteiger partial charge in [-0.3, -0.25) is 9.59 Å². The van der Waals surface area contributed by atoms with E-state index in [-0.39, 0.29) is 37.9 Å². The predicted molar refractivity (Wildman–Crippen MR) is 94.8 cm³/mol. The first kappa shape index (κ1) is 31.4. The number of halogens is 8. The summed E-state index contributed by atoms with van der Waals surface area (Å²) < 4.78 is 124. The number of nitrogens with two attached hydrogens (primary N) is 1. The fourth-order valence-electron chi connectivity index (χ4n) is 2.12. The third-order valence-electron chi connectivity index (χ3n) is 3.80. The Morgan fingerprint density at radius 1 is 0.758 bits per heavy atom. The highest BCUT2D eigenvalue weighted by Gasteiger charge is 2.69. The lowest BCUT2D eigenvalue weighted by Crippen LogP contribution is -2.56. The molecule has 0 aliphatic heterocycles. The minimum Gasteiger partial charge on any atom is -0.379 e. The monoisotopic (exact) mass is 506 g/mol. The molecule has 0 aromatic rings. The molecular weight excluding hydrogens is 480 g/mol. The van der Waals surface area contributed by atoms with Gasteiger partial charge in [0.15, 0.2) is 0 Å². The zero-order valence-electron chi connectivity index (χ0n) is 17.9. The van der Waals surface area contributed by atoms with Gasteiger partial charge in [0.25, 0.3) is 0 Å². The zero-order chi connectivity index (χ0) is 25.9. The van der Waals surface area contributed by atoms with Gasteiger partial charge >= 0.3 is 30.3 Å². The van der Waals surface area contributed by atoms with Crippen molar-refractivity contribution in [2.45, 2.75) is 51.1 Å². The van der Waals surface area contributed by atoms with Crippen molar-refractivity contribution >= 4 is 11.7 Å². The maximum absolute atomic E-state index is 13.6. The van der Waals surface area contributed by atoms with Gasteiger partial charge in [-0.1, -0.05) is 0 Å². The number of hydrogen-bond donors (Lipinski definition) is 1. The van der Waals surface area contributed by atoms with Crippen LogP contribution in [0.1, 0.15) is 26.7 Å². The van der Waals surface area contributed by atoms with E-state index in [2.05, 4.69) is 9.47 Å². The van der Waals surface area contributed by atoms with Crippen molar-refractivity contribution in [1.29, 1.82) is 0 Å². The number of ether oxygens (including phenoxy) is 4. The smallest absolute Gasteiger partial charge is 0.379 e. The van der Waals surface area contributed by atoms with Crippen molar-refractivity contribution in [2.75, 3.05) is 46.1 Å². The average molecular weight is 506 g/mol. The van der Waals surface area contributed by atoms with Gasteiger partial charge in [0.05, 0.1) is 19.8 Å². The summed E-state index contributed by atoms with van der Waals surface area (Å²) in [5.74, 6) is -4.74. The molecule has 0 aromatic carbocycles. The number of carbonyl (C=O) groups excluding carboxylic acids is 2. The zero-order valence-corrected chi connectivity index (χ0v) is 17.9. The molecule has 0 aliphatic rings. The highest BCUT2D eigenvalue weighted by atomic mass is 19.3. The van der Waals surface area contributed by atoms with Gasteiger partial charge in [-0.15, -0.1) is 0 Å². The fourth-order valence-corrected chi connectivity index (χ4v) is 2.12. The normalized spacial score (nSPS) is 13.3. The Balaban J connectivity index is 4.94. The lowest BCUT2D eigenvalue weighted by Gasteiger charge is -2.31. The van der Waals surface area contributed by atoms with Crippen LogP contribution >= 0.6 is 0 Å². The van der Waals surface area contributed by atoms with E-state index in [0.29, 0.717) is 0 Å². The van der Waals surface area contributed by atoms with Gasteiger partial charge in [0.1, 0.15) is 0 Å². The van der Waals surface area contributed by atoms with E-state index in [0.717, 1.165) is 0 Å². The summed E-state index contributed by atoms with van der Waals surface area (Å²) in [6.45, 7) is 1.85. The van der Waals surface area contributed by atoms with E-state index >= 15 is 0 Å². The van der Waals surface area contributed by atoms with Crippen LogP contribution in [-0.2, 0) is 28.5 Å². The Morgan fingerprint density at radius 2 is 1.21 bits per heavy atom. The fraction of sp³-hybridized carbons (Fsp3) is 0.882. The molecule has 0 bridgehead atoms. The summed E-state index contributed by atoms with van der Waals surface area (Å²) >= 11 is 0. The molecule has 0 aliphatic carbocycles. The number of nitrogens with zero attached hydrogens (tertiary/aromatic N) is 1. The van der Waals surface area contributed by atoms with Gasteiger partial charge < -0.3 is 20.1 Å². The highest BCUT2D eigenvalue weighted by molar-refractivity contribution is 5.84. The standard InChI is InChI=1S/C17H26F8N2O6/c1-3-27(4-2)13(29)15(20,21)33-17(24,25)16(22,23)32-14(18,19)12(28)6-5-8-30-10-11-31-9-7-26/h3-11,26H2,1-2H3. The first-order valence-corrected chi connectivity index (χ1v) is 9.67. The van der Waals surface area contributed by atoms with Crippen molar-refractivity contribution in [3.8, 4) is 0 Å². The molecule has 33 heavy (non-hydrogen) atoms. The van der Waals surface area contributed by atoms with Crippen molar-refractivity contribution in [3.63, 3.8) is 0 Å². The maximum Gasteiger partial charge on any atom is 0.453 e. The Hall–Kier alpha value is -1.62. The Kier molecular flexibility index (Phi) is 12.7. The van der Waals surface area contributed by atoms with Crippen LogP contribution in [0.4, 0.5) is 35.1 Å². The summed E-state index contributed by atoms with van der Waals surface area (Å²) in [7, 11) is 0. The van der Waals surface area contributed by atoms with E-state index in [1.54, 1.807) is 0 Å². The van der Waals surface area contributed by atoms with Crippen LogP contribution in [0, 0.1) is 0 Å². The second-order valence-corrected chi connectivity index (χ2v) is 6.29. The van der Waals surface area contributed by atoms with Crippen LogP contribution in [0.25, 0.3) is 0 Å². The summed E-state index contributed by atoms with van der Waals surface area (Å²) in [5, 5.41) is 0. The Morgan fingerprint density at radius 3 is 1.67 bits per heavy atom. The lowest BCUT2D eigenvalue weighted by molar-refractivity contribution is -0.500. The molecule has 8 nitrogen and oxygen atoms in total. The largest absolute Gasteiger partial charge is 0.453 e. The summed E-state index contributed by atoms with van der Waals surface area (Å²) in [6.07, 6.45) is -25.4. The second kappa shape index (κ2) is 13.3. The third kappa shape index (κ3) is 10.0. The quantitative estimate of drug-likeness (QED) is 0.225. The maximum atomic E-state index is 13.6. The number of Topliss-reactive ketones (excluding diaryl/α,β-unsaturated/α-hetero) is 1. The van der Waals surface area contributed by atoms with Crippen molar-refractivity contribution in [3.05, 3.63) is 0 Å². The van der Waals surface area contributed by atoms with E-state index in [9.17, 15) is 44.7 Å². The average Bonchev–Trinajstić information content (AvgIpc) is 2.69. The van der Waals surface area contributed by atoms with Gasteiger partial charge in [0.2, 0.25) is 5.78 Å². The third-order valence-corrected chi connectivity index (χ3v) is 3.80. The topological polar surface area (TPSA) is 100 Å². The van der Waals surface area contributed by atoms with Gasteiger partial charge in [0, 0.05) is 32.7 Å². The molecule has 0 saturated carbocycles. The Labute approximate surface area is 184 Å². The van der Waals surface area contributed by atoms with E-state index in [1.165, 1.54) is 13.8 Å². The number of ketones is 1. The number of alkyl halides is 8. The van der Waals surface area contributed by atoms with E-state index < -0.39 is 62.1 Å². The SMILES string of the molecule is CCN(CC)C(=O)C(F)(F)OC(F)(F)C(F)(F)OC(F)(F)C(=O)CCCOCCOCCN. The Bertz CT molecular complexity index is 620. The first-order valence-electron chi connectivity index (χ1n) is 9.67. The molecule has 196 valence electrons. The van der Waals surface area contributed by atoms with Crippen LogP contribution in [0.2, 0.25) is 0 Å².